The maximum atomic E-state index is 8.79. The molecule has 0 amide bonds. The quantitative estimate of drug-likeness (QED) is 0.610. The Kier molecular flexibility index (Phi) is 3.69. The summed E-state index contributed by atoms with van der Waals surface area (Å²) in [6, 6.07) is 15.8. The van der Waals surface area contributed by atoms with E-state index in [-0.39, 0.29) is 0 Å². The first-order valence-electron chi connectivity index (χ1n) is 4.79. The fourth-order valence-corrected chi connectivity index (χ4v) is 1.32. The smallest absolute Gasteiger partial charge is 0.0998 e. The van der Waals surface area contributed by atoms with Crippen LogP contribution in [0.25, 0.3) is 10.8 Å². The molecule has 0 aliphatic carbocycles. The number of hydrogen-bond donors (Lipinski definition) is 0. The highest BCUT2D eigenvalue weighted by Gasteiger charge is 1.96. The Hall–Kier alpha value is -1.81. The molecule has 0 saturated heterocycles. The third kappa shape index (κ3) is 1.92. The number of hydrogen-bond acceptors (Lipinski definition) is 1. The fraction of sp³-hybridized carbons (Fsp3) is 0.154. The minimum atomic E-state index is 0.744. The van der Waals surface area contributed by atoms with Gasteiger partial charge in [0.1, 0.15) is 0 Å². The maximum absolute atomic E-state index is 8.79. The van der Waals surface area contributed by atoms with Crippen LogP contribution in [0.5, 0.6) is 0 Å². The first-order valence-corrected chi connectivity index (χ1v) is 4.79. The van der Waals surface area contributed by atoms with Gasteiger partial charge in [-0.2, -0.15) is 5.26 Å². The third-order valence-corrected chi connectivity index (χ3v) is 1.91. The summed E-state index contributed by atoms with van der Waals surface area (Å²) in [5.41, 5.74) is 0.744. The molecule has 2 rings (SSSR count). The van der Waals surface area contributed by atoms with E-state index in [0.29, 0.717) is 0 Å². The molecule has 0 atom stereocenters. The van der Waals surface area contributed by atoms with E-state index in [4.69, 9.17) is 5.26 Å². The number of fused-ring (bicyclic) bond motifs is 1. The molecule has 14 heavy (non-hydrogen) atoms. The number of rotatable bonds is 0. The lowest BCUT2D eigenvalue weighted by Crippen LogP contribution is -1.77. The Balaban J connectivity index is 0.000000461. The molecule has 2 aromatic carbocycles. The molecule has 0 aliphatic heterocycles. The molecule has 1 nitrogen and oxygen atoms in total. The molecule has 70 valence electrons. The molecule has 0 saturated carbocycles. The van der Waals surface area contributed by atoms with Crippen LogP contribution in [0.3, 0.4) is 0 Å². The first-order chi connectivity index (χ1) is 6.92. The average molecular weight is 183 g/mol. The largest absolute Gasteiger partial charge is 0.192 e. The zero-order chi connectivity index (χ0) is 10.4. The summed E-state index contributed by atoms with van der Waals surface area (Å²) in [6.45, 7) is 4.00. The summed E-state index contributed by atoms with van der Waals surface area (Å²) in [5.74, 6) is 0. The molecule has 0 aliphatic rings. The normalized spacial score (nSPS) is 8.64. The molecular formula is C13H13N. The monoisotopic (exact) mass is 183 g/mol. The summed E-state index contributed by atoms with van der Waals surface area (Å²) in [4.78, 5) is 0. The molecule has 0 aromatic heterocycles. The van der Waals surface area contributed by atoms with Crippen LogP contribution in [0.4, 0.5) is 0 Å². The maximum Gasteiger partial charge on any atom is 0.0998 e. The van der Waals surface area contributed by atoms with Gasteiger partial charge in [-0.05, 0) is 16.8 Å². The van der Waals surface area contributed by atoms with Crippen molar-refractivity contribution in [2.75, 3.05) is 0 Å². The highest BCUT2D eigenvalue weighted by Crippen LogP contribution is 2.16. The van der Waals surface area contributed by atoms with Gasteiger partial charge in [0, 0.05) is 0 Å². The molecule has 0 heterocycles. The molecule has 0 spiro atoms. The van der Waals surface area contributed by atoms with Crippen molar-refractivity contribution in [2.24, 2.45) is 0 Å². The SMILES string of the molecule is CC.N#Cc1cccc2ccccc12. The second kappa shape index (κ2) is 5.04. The molecule has 0 radical (unpaired) electrons. The van der Waals surface area contributed by atoms with Gasteiger partial charge in [-0.3, -0.25) is 0 Å². The van der Waals surface area contributed by atoms with Crippen LogP contribution in [0.2, 0.25) is 0 Å². The van der Waals surface area contributed by atoms with E-state index in [1.54, 1.807) is 0 Å². The van der Waals surface area contributed by atoms with Gasteiger partial charge in [0.05, 0.1) is 11.6 Å². The van der Waals surface area contributed by atoms with Crippen LogP contribution >= 0.6 is 0 Å². The summed E-state index contributed by atoms with van der Waals surface area (Å²) < 4.78 is 0. The van der Waals surface area contributed by atoms with Crippen LogP contribution in [-0.2, 0) is 0 Å². The van der Waals surface area contributed by atoms with Gasteiger partial charge in [-0.15, -0.1) is 0 Å². The van der Waals surface area contributed by atoms with Gasteiger partial charge in [-0.25, -0.2) is 0 Å². The van der Waals surface area contributed by atoms with E-state index in [9.17, 15) is 0 Å². The highest BCUT2D eigenvalue weighted by molar-refractivity contribution is 5.87. The van der Waals surface area contributed by atoms with Crippen molar-refractivity contribution in [2.45, 2.75) is 13.8 Å². The zero-order valence-electron chi connectivity index (χ0n) is 8.49. The van der Waals surface area contributed by atoms with Crippen molar-refractivity contribution >= 4 is 10.8 Å². The molecule has 2 aromatic rings. The topological polar surface area (TPSA) is 23.8 Å². The van der Waals surface area contributed by atoms with Crippen molar-refractivity contribution in [1.29, 1.82) is 5.26 Å². The summed E-state index contributed by atoms with van der Waals surface area (Å²) in [5, 5.41) is 10.9. The Bertz CT molecular complexity index is 447. The van der Waals surface area contributed by atoms with Crippen LogP contribution in [0.1, 0.15) is 19.4 Å². The standard InChI is InChI=1S/C11H7N.C2H6/c12-8-10-6-3-5-9-4-1-2-7-11(9)10;1-2/h1-7H;1-2H3. The molecule has 0 N–H and O–H groups in total. The van der Waals surface area contributed by atoms with Crippen molar-refractivity contribution in [1.82, 2.24) is 0 Å². The van der Waals surface area contributed by atoms with Crippen LogP contribution < -0.4 is 0 Å². The van der Waals surface area contributed by atoms with E-state index in [1.807, 2.05) is 56.3 Å². The second-order valence-corrected chi connectivity index (χ2v) is 2.64. The Labute approximate surface area is 84.6 Å². The van der Waals surface area contributed by atoms with E-state index >= 15 is 0 Å². The number of nitrogens with zero attached hydrogens (tertiary/aromatic N) is 1. The van der Waals surface area contributed by atoms with Crippen molar-refractivity contribution in [3.63, 3.8) is 0 Å². The second-order valence-electron chi connectivity index (χ2n) is 2.64. The predicted molar refractivity (Wildman–Crippen MR) is 60.0 cm³/mol. The summed E-state index contributed by atoms with van der Waals surface area (Å²) in [7, 11) is 0. The summed E-state index contributed by atoms with van der Waals surface area (Å²) >= 11 is 0. The predicted octanol–water partition coefficient (Wildman–Crippen LogP) is 3.74. The number of benzene rings is 2. The van der Waals surface area contributed by atoms with Crippen molar-refractivity contribution in [3.8, 4) is 6.07 Å². The minimum Gasteiger partial charge on any atom is -0.192 e. The van der Waals surface area contributed by atoms with E-state index in [2.05, 4.69) is 6.07 Å². The van der Waals surface area contributed by atoms with E-state index in [0.717, 1.165) is 16.3 Å². The highest BCUT2D eigenvalue weighted by atomic mass is 14.2. The van der Waals surface area contributed by atoms with Gasteiger partial charge in [0.25, 0.3) is 0 Å². The lowest BCUT2D eigenvalue weighted by molar-refractivity contribution is 1.50. The molecule has 0 bridgehead atoms. The van der Waals surface area contributed by atoms with Gasteiger partial charge < -0.3 is 0 Å². The van der Waals surface area contributed by atoms with E-state index in [1.165, 1.54) is 0 Å². The zero-order valence-corrected chi connectivity index (χ0v) is 8.49. The average Bonchev–Trinajstić information content (AvgIpc) is 2.31. The number of nitriles is 1. The fourth-order valence-electron chi connectivity index (χ4n) is 1.32. The van der Waals surface area contributed by atoms with Crippen molar-refractivity contribution < 1.29 is 0 Å². The Morgan fingerprint density at radius 2 is 1.57 bits per heavy atom. The van der Waals surface area contributed by atoms with Gasteiger partial charge >= 0.3 is 0 Å². The minimum absolute atomic E-state index is 0.744. The lowest BCUT2D eigenvalue weighted by Gasteiger charge is -1.97. The molecule has 0 unspecified atom stereocenters. The third-order valence-electron chi connectivity index (χ3n) is 1.91. The lowest BCUT2D eigenvalue weighted by atomic mass is 10.1. The van der Waals surface area contributed by atoms with Crippen LogP contribution in [0.15, 0.2) is 42.5 Å². The van der Waals surface area contributed by atoms with Gasteiger partial charge in [-0.1, -0.05) is 50.2 Å². The van der Waals surface area contributed by atoms with Crippen molar-refractivity contribution in [3.05, 3.63) is 48.0 Å². The Morgan fingerprint density at radius 1 is 0.929 bits per heavy atom. The Morgan fingerprint density at radius 3 is 2.29 bits per heavy atom. The van der Waals surface area contributed by atoms with Crippen LogP contribution in [-0.4, -0.2) is 0 Å². The summed E-state index contributed by atoms with van der Waals surface area (Å²) in [6.07, 6.45) is 0. The molecule has 1 heteroatoms. The molecular weight excluding hydrogens is 170 g/mol. The molecule has 0 fully saturated rings. The van der Waals surface area contributed by atoms with Gasteiger partial charge in [0.15, 0.2) is 0 Å². The van der Waals surface area contributed by atoms with Gasteiger partial charge in [0.2, 0.25) is 0 Å². The van der Waals surface area contributed by atoms with Crippen LogP contribution in [0, 0.1) is 11.3 Å². The van der Waals surface area contributed by atoms with E-state index < -0.39 is 0 Å². The first kappa shape index (κ1) is 10.3.